The Hall–Kier alpha value is -2.28. The Morgan fingerprint density at radius 1 is 1.21 bits per heavy atom. The lowest BCUT2D eigenvalue weighted by Gasteiger charge is -2.34. The summed E-state index contributed by atoms with van der Waals surface area (Å²) in [7, 11) is 0. The number of ketones is 1. The summed E-state index contributed by atoms with van der Waals surface area (Å²) in [6, 6.07) is 8.33. The van der Waals surface area contributed by atoms with Crippen LogP contribution in [-0.4, -0.2) is 39.9 Å². The van der Waals surface area contributed by atoms with Gasteiger partial charge in [-0.2, -0.15) is 4.98 Å². The van der Waals surface area contributed by atoms with Crippen molar-refractivity contribution in [2.24, 2.45) is 5.92 Å². The summed E-state index contributed by atoms with van der Waals surface area (Å²) in [5.41, 5.74) is 4.13. The van der Waals surface area contributed by atoms with E-state index in [1.165, 1.54) is 17.4 Å². The number of nitrogens with zero attached hydrogens (tertiary/aromatic N) is 4. The summed E-state index contributed by atoms with van der Waals surface area (Å²) < 4.78 is 1.88. The normalized spacial score (nSPS) is 21.2. The minimum absolute atomic E-state index is 0.214. The highest BCUT2D eigenvalue weighted by Gasteiger charge is 2.38. The Morgan fingerprint density at radius 2 is 1.93 bits per heavy atom. The number of carbonyl (C=O) groups excluding carboxylic acids is 1. The zero-order valence-corrected chi connectivity index (χ0v) is 17.7. The third kappa shape index (κ3) is 3.21. The number of hydrogen-bond donors (Lipinski definition) is 1. The van der Waals surface area contributed by atoms with Gasteiger partial charge in [0.15, 0.2) is 5.78 Å². The third-order valence-corrected chi connectivity index (χ3v) is 6.16. The first-order valence-electron chi connectivity index (χ1n) is 9.94. The highest BCUT2D eigenvalue weighted by Crippen LogP contribution is 2.42. The molecule has 0 fully saturated rings. The number of allylic oxidation sites excluding steroid dienone is 2. The van der Waals surface area contributed by atoms with Crippen LogP contribution in [0.2, 0.25) is 0 Å². The van der Waals surface area contributed by atoms with E-state index in [-0.39, 0.29) is 11.8 Å². The predicted octanol–water partition coefficient (Wildman–Crippen LogP) is 4.11. The zero-order valence-electron chi connectivity index (χ0n) is 16.9. The molecule has 2 unspecified atom stereocenters. The zero-order chi connectivity index (χ0) is 19.8. The molecule has 148 valence electrons. The number of Topliss-reactive ketones (excluding diaryl/α,β-unsaturated/α-hetero) is 1. The van der Waals surface area contributed by atoms with Crippen molar-refractivity contribution in [1.29, 1.82) is 0 Å². The van der Waals surface area contributed by atoms with Gasteiger partial charge in [-0.3, -0.25) is 4.79 Å². The van der Waals surface area contributed by atoms with E-state index in [0.717, 1.165) is 42.3 Å². The predicted molar refractivity (Wildman–Crippen MR) is 114 cm³/mol. The van der Waals surface area contributed by atoms with Crippen LogP contribution < -0.4 is 10.2 Å². The van der Waals surface area contributed by atoms with E-state index in [4.69, 9.17) is 0 Å². The quantitative estimate of drug-likeness (QED) is 0.766. The van der Waals surface area contributed by atoms with E-state index in [9.17, 15) is 4.79 Å². The van der Waals surface area contributed by atoms with Gasteiger partial charge in [-0.05, 0) is 50.1 Å². The maximum Gasteiger partial charge on any atom is 0.227 e. The van der Waals surface area contributed by atoms with E-state index in [0.29, 0.717) is 17.5 Å². The lowest BCUT2D eigenvalue weighted by atomic mass is 9.81. The van der Waals surface area contributed by atoms with Crippen LogP contribution in [0.15, 0.2) is 40.7 Å². The van der Waals surface area contributed by atoms with E-state index in [1.807, 2.05) is 10.9 Å². The van der Waals surface area contributed by atoms with E-state index in [2.05, 4.69) is 65.3 Å². The molecule has 7 heteroatoms. The van der Waals surface area contributed by atoms with Gasteiger partial charge in [0.1, 0.15) is 6.04 Å². The molecule has 0 spiro atoms. The van der Waals surface area contributed by atoms with Gasteiger partial charge in [0.25, 0.3) is 0 Å². The lowest BCUT2D eigenvalue weighted by Crippen LogP contribution is -2.33. The molecule has 1 N–H and O–H groups in total. The first-order chi connectivity index (χ1) is 13.5. The second-order valence-corrected chi connectivity index (χ2v) is 8.26. The number of thioether (sulfide) groups is 1. The van der Waals surface area contributed by atoms with Crippen LogP contribution in [0.1, 0.15) is 45.2 Å². The molecule has 2 aliphatic rings. The molecule has 1 aromatic carbocycles. The number of aromatic nitrogens is 3. The third-order valence-electron chi connectivity index (χ3n) is 5.62. The minimum Gasteiger partial charge on any atom is -0.372 e. The first kappa shape index (κ1) is 19.1. The second-order valence-electron chi connectivity index (χ2n) is 7.49. The van der Waals surface area contributed by atoms with Gasteiger partial charge in [-0.15, -0.1) is 5.10 Å². The fourth-order valence-electron chi connectivity index (χ4n) is 4.24. The van der Waals surface area contributed by atoms with Crippen LogP contribution in [0.5, 0.6) is 0 Å². The fourth-order valence-corrected chi connectivity index (χ4v) is 4.59. The van der Waals surface area contributed by atoms with Crippen LogP contribution in [0, 0.1) is 5.92 Å². The number of fused-ring (bicyclic) bond motifs is 1. The second kappa shape index (κ2) is 7.62. The van der Waals surface area contributed by atoms with Gasteiger partial charge in [0, 0.05) is 36.5 Å². The molecule has 2 aromatic rings. The van der Waals surface area contributed by atoms with Crippen LogP contribution in [-0.2, 0) is 4.79 Å². The minimum atomic E-state index is -0.217. The molecule has 6 nitrogen and oxygen atoms in total. The number of benzene rings is 1. The van der Waals surface area contributed by atoms with Crippen molar-refractivity contribution in [1.82, 2.24) is 14.8 Å². The van der Waals surface area contributed by atoms with E-state index in [1.54, 1.807) is 0 Å². The molecular formula is C21H27N5OS. The molecule has 0 saturated carbocycles. The molecule has 1 aliphatic heterocycles. The van der Waals surface area contributed by atoms with Crippen molar-refractivity contribution in [2.75, 3.05) is 29.6 Å². The molecule has 0 bridgehead atoms. The molecule has 2 heterocycles. The van der Waals surface area contributed by atoms with Crippen molar-refractivity contribution in [3.8, 4) is 0 Å². The number of hydrogen-bond acceptors (Lipinski definition) is 6. The Kier molecular flexibility index (Phi) is 5.19. The highest BCUT2D eigenvalue weighted by molar-refractivity contribution is 7.98. The van der Waals surface area contributed by atoms with Gasteiger partial charge in [-0.1, -0.05) is 30.8 Å². The summed E-state index contributed by atoms with van der Waals surface area (Å²) >= 11 is 1.51. The summed E-state index contributed by atoms with van der Waals surface area (Å²) in [5, 5.41) is 8.77. The Balaban J connectivity index is 1.80. The molecule has 0 radical (unpaired) electrons. The number of anilines is 2. The average Bonchev–Trinajstić information content (AvgIpc) is 3.10. The molecule has 28 heavy (non-hydrogen) atoms. The van der Waals surface area contributed by atoms with Gasteiger partial charge in [-0.25, -0.2) is 4.68 Å². The number of rotatable bonds is 5. The number of nitrogens with one attached hydrogen (secondary N) is 1. The molecule has 1 aromatic heterocycles. The van der Waals surface area contributed by atoms with Crippen LogP contribution in [0.4, 0.5) is 11.6 Å². The SMILES string of the molecule is CCN(CC)c1ccc(C2C3=C(CC(C)CC3=O)Nc3nc(SC)nn32)cc1. The van der Waals surface area contributed by atoms with Gasteiger partial charge in [0.2, 0.25) is 11.1 Å². The van der Waals surface area contributed by atoms with Crippen molar-refractivity contribution in [2.45, 2.75) is 44.8 Å². The lowest BCUT2D eigenvalue weighted by molar-refractivity contribution is -0.117. The summed E-state index contributed by atoms with van der Waals surface area (Å²) in [6.07, 6.45) is 3.43. The smallest absolute Gasteiger partial charge is 0.227 e. The Labute approximate surface area is 170 Å². The maximum atomic E-state index is 13.0. The summed E-state index contributed by atoms with van der Waals surface area (Å²) in [4.78, 5) is 19.9. The molecule has 1 aliphatic carbocycles. The van der Waals surface area contributed by atoms with Crippen molar-refractivity contribution >= 4 is 29.2 Å². The maximum absolute atomic E-state index is 13.0. The molecule has 0 saturated heterocycles. The highest BCUT2D eigenvalue weighted by atomic mass is 32.2. The monoisotopic (exact) mass is 397 g/mol. The van der Waals surface area contributed by atoms with E-state index >= 15 is 0 Å². The molecule has 4 rings (SSSR count). The largest absolute Gasteiger partial charge is 0.372 e. The average molecular weight is 398 g/mol. The fraction of sp³-hybridized carbons (Fsp3) is 0.476. The topological polar surface area (TPSA) is 63.1 Å². The Morgan fingerprint density at radius 3 is 2.57 bits per heavy atom. The molecule has 2 atom stereocenters. The Bertz CT molecular complexity index is 913. The van der Waals surface area contributed by atoms with E-state index < -0.39 is 0 Å². The molecule has 0 amide bonds. The van der Waals surface area contributed by atoms with Crippen molar-refractivity contribution in [3.05, 3.63) is 41.1 Å². The van der Waals surface area contributed by atoms with Gasteiger partial charge >= 0.3 is 0 Å². The number of carbonyl (C=O) groups is 1. The van der Waals surface area contributed by atoms with Crippen molar-refractivity contribution < 1.29 is 4.79 Å². The van der Waals surface area contributed by atoms with Crippen LogP contribution in [0.3, 0.4) is 0 Å². The molecular weight excluding hydrogens is 370 g/mol. The van der Waals surface area contributed by atoms with Gasteiger partial charge in [0.05, 0.1) is 0 Å². The van der Waals surface area contributed by atoms with Crippen molar-refractivity contribution in [3.63, 3.8) is 0 Å². The van der Waals surface area contributed by atoms with Crippen LogP contribution in [0.25, 0.3) is 0 Å². The summed E-state index contributed by atoms with van der Waals surface area (Å²) in [5.74, 6) is 1.28. The van der Waals surface area contributed by atoms with Gasteiger partial charge < -0.3 is 10.2 Å². The first-order valence-corrected chi connectivity index (χ1v) is 11.2. The van der Waals surface area contributed by atoms with Crippen LogP contribution >= 0.6 is 11.8 Å². The summed E-state index contributed by atoms with van der Waals surface area (Å²) in [6.45, 7) is 8.39. The standard InChI is InChI=1S/C21H27N5OS/c1-5-25(6-2)15-9-7-14(8-10-15)19-18-16(11-13(3)12-17(18)27)22-20-23-21(28-4)24-26(19)20/h7-10,13,19H,5-6,11-12H2,1-4H3,(H,22,23,24).